The van der Waals surface area contributed by atoms with Crippen molar-refractivity contribution in [2.24, 2.45) is 0 Å². The highest BCUT2D eigenvalue weighted by Gasteiger charge is 2.17. The summed E-state index contributed by atoms with van der Waals surface area (Å²) in [6.07, 6.45) is 0. The highest BCUT2D eigenvalue weighted by Crippen LogP contribution is 2.33. The van der Waals surface area contributed by atoms with Crippen molar-refractivity contribution in [1.82, 2.24) is 15.0 Å². The monoisotopic (exact) mass is 427 g/mol. The molecule has 164 valence electrons. The van der Waals surface area contributed by atoms with Crippen molar-refractivity contribution in [2.45, 2.75) is 41.5 Å². The second kappa shape index (κ2) is 9.60. The molecule has 0 fully saturated rings. The first-order valence-corrected chi connectivity index (χ1v) is 10.8. The van der Waals surface area contributed by atoms with Crippen LogP contribution in [0.1, 0.15) is 36.1 Å². The Hall–Kier alpha value is -3.73. The molecule has 3 aromatic carbocycles. The van der Waals surface area contributed by atoms with Gasteiger partial charge in [-0.3, -0.25) is 0 Å². The lowest BCUT2D eigenvalue weighted by atomic mass is 10.0. The lowest BCUT2D eigenvalue weighted by molar-refractivity contribution is 0.451. The SMILES string of the molecule is CC.Cc1ccc(-c2nc(-c3ccc(C)cc3C)nc(-c3ccc(O)cc3O)n2)c(C)c1. The second-order valence-corrected chi connectivity index (χ2v) is 7.64. The maximum Gasteiger partial charge on any atom is 0.167 e. The third-order valence-corrected chi connectivity index (χ3v) is 5.10. The highest BCUT2D eigenvalue weighted by molar-refractivity contribution is 5.72. The zero-order valence-electron chi connectivity index (χ0n) is 19.4. The number of rotatable bonds is 3. The standard InChI is InChI=1S/C25H23N3O2.C2H6/c1-14-5-8-19(16(3)11-14)23-26-24(20-9-6-15(2)12-17(20)4)28-25(27-23)21-10-7-18(29)13-22(21)30;1-2/h5-13,29-30H,1-4H3;1-2H3. The Morgan fingerprint density at radius 2 is 0.938 bits per heavy atom. The Kier molecular flexibility index (Phi) is 6.89. The number of nitrogens with zero attached hydrogens (tertiary/aromatic N) is 3. The van der Waals surface area contributed by atoms with Crippen molar-refractivity contribution in [3.8, 4) is 45.7 Å². The van der Waals surface area contributed by atoms with Gasteiger partial charge in [0.1, 0.15) is 11.5 Å². The fourth-order valence-corrected chi connectivity index (χ4v) is 3.58. The van der Waals surface area contributed by atoms with E-state index in [0.29, 0.717) is 23.0 Å². The third-order valence-electron chi connectivity index (χ3n) is 5.10. The Labute approximate surface area is 189 Å². The molecule has 0 aliphatic carbocycles. The van der Waals surface area contributed by atoms with Gasteiger partial charge < -0.3 is 10.2 Å². The Morgan fingerprint density at radius 1 is 0.531 bits per heavy atom. The van der Waals surface area contributed by atoms with Gasteiger partial charge in [0, 0.05) is 17.2 Å². The first-order chi connectivity index (χ1) is 15.3. The molecule has 2 N–H and O–H groups in total. The number of phenolic OH excluding ortho intramolecular Hbond substituents is 2. The number of hydrogen-bond donors (Lipinski definition) is 2. The Bertz CT molecular complexity index is 1100. The summed E-state index contributed by atoms with van der Waals surface area (Å²) in [5, 5.41) is 20.1. The quantitative estimate of drug-likeness (QED) is 0.388. The molecule has 0 saturated heterocycles. The maximum atomic E-state index is 10.4. The topological polar surface area (TPSA) is 79.1 Å². The van der Waals surface area contributed by atoms with Crippen molar-refractivity contribution < 1.29 is 10.2 Å². The molecule has 0 saturated carbocycles. The summed E-state index contributed by atoms with van der Waals surface area (Å²) in [5.41, 5.74) is 6.71. The molecule has 4 aromatic rings. The van der Waals surface area contributed by atoms with Gasteiger partial charge in [0.15, 0.2) is 17.5 Å². The molecule has 0 atom stereocenters. The van der Waals surface area contributed by atoms with E-state index >= 15 is 0 Å². The summed E-state index contributed by atoms with van der Waals surface area (Å²) in [6, 6.07) is 16.7. The maximum absolute atomic E-state index is 10.4. The molecular weight excluding hydrogens is 398 g/mol. The van der Waals surface area contributed by atoms with Crippen LogP contribution in [-0.4, -0.2) is 25.2 Å². The predicted octanol–water partition coefficient (Wildman–Crippen LogP) is 6.54. The molecule has 0 bridgehead atoms. The van der Waals surface area contributed by atoms with Crippen molar-refractivity contribution in [3.05, 3.63) is 76.9 Å². The molecule has 1 aromatic heterocycles. The van der Waals surface area contributed by atoms with Gasteiger partial charge in [-0.15, -0.1) is 0 Å². The molecule has 0 spiro atoms. The van der Waals surface area contributed by atoms with Gasteiger partial charge in [-0.2, -0.15) is 0 Å². The van der Waals surface area contributed by atoms with Gasteiger partial charge in [0.2, 0.25) is 0 Å². The molecule has 32 heavy (non-hydrogen) atoms. The third kappa shape index (κ3) is 4.78. The van der Waals surface area contributed by atoms with Crippen LogP contribution < -0.4 is 0 Å². The van der Waals surface area contributed by atoms with Crippen LogP contribution in [0.25, 0.3) is 34.2 Å². The van der Waals surface area contributed by atoms with E-state index in [-0.39, 0.29) is 11.5 Å². The number of aromatic hydroxyl groups is 2. The van der Waals surface area contributed by atoms with Crippen LogP contribution in [0.5, 0.6) is 11.5 Å². The fourth-order valence-electron chi connectivity index (χ4n) is 3.58. The molecule has 0 radical (unpaired) electrons. The lowest BCUT2D eigenvalue weighted by Crippen LogP contribution is -2.02. The van der Waals surface area contributed by atoms with Crippen molar-refractivity contribution in [3.63, 3.8) is 0 Å². The second-order valence-electron chi connectivity index (χ2n) is 7.64. The van der Waals surface area contributed by atoms with Gasteiger partial charge in [-0.25, -0.2) is 15.0 Å². The van der Waals surface area contributed by atoms with E-state index in [4.69, 9.17) is 4.98 Å². The highest BCUT2D eigenvalue weighted by atomic mass is 16.3. The summed E-state index contributed by atoms with van der Waals surface area (Å²) in [5.74, 6) is 1.33. The average molecular weight is 428 g/mol. The molecule has 5 nitrogen and oxygen atoms in total. The van der Waals surface area contributed by atoms with Gasteiger partial charge in [-0.05, 0) is 51.0 Å². The molecule has 1 heterocycles. The molecule has 5 heteroatoms. The molecule has 0 amide bonds. The molecular formula is C27H29N3O2. The lowest BCUT2D eigenvalue weighted by Gasteiger charge is -2.12. The van der Waals surface area contributed by atoms with Gasteiger partial charge in [0.05, 0.1) is 5.56 Å². The van der Waals surface area contributed by atoms with E-state index in [0.717, 1.165) is 33.4 Å². The number of phenols is 2. The van der Waals surface area contributed by atoms with Crippen LogP contribution in [0, 0.1) is 27.7 Å². The first-order valence-electron chi connectivity index (χ1n) is 10.8. The average Bonchev–Trinajstić information content (AvgIpc) is 2.75. The number of aromatic nitrogens is 3. The summed E-state index contributed by atoms with van der Waals surface area (Å²) in [4.78, 5) is 14.1. The zero-order chi connectivity index (χ0) is 23.4. The van der Waals surface area contributed by atoms with Crippen LogP contribution in [0.15, 0.2) is 54.6 Å². The van der Waals surface area contributed by atoms with Gasteiger partial charge in [0.25, 0.3) is 0 Å². The summed E-state index contributed by atoms with van der Waals surface area (Å²) in [6.45, 7) is 12.2. The summed E-state index contributed by atoms with van der Waals surface area (Å²) >= 11 is 0. The van der Waals surface area contributed by atoms with Crippen molar-refractivity contribution >= 4 is 0 Å². The minimum atomic E-state index is -0.0839. The van der Waals surface area contributed by atoms with E-state index in [1.54, 1.807) is 6.07 Å². The smallest absolute Gasteiger partial charge is 0.167 e. The minimum absolute atomic E-state index is 0.0190. The van der Waals surface area contributed by atoms with E-state index in [1.165, 1.54) is 12.1 Å². The van der Waals surface area contributed by atoms with Crippen LogP contribution >= 0.6 is 0 Å². The zero-order valence-corrected chi connectivity index (χ0v) is 19.4. The predicted molar refractivity (Wildman–Crippen MR) is 130 cm³/mol. The van der Waals surface area contributed by atoms with Crippen LogP contribution in [-0.2, 0) is 0 Å². The van der Waals surface area contributed by atoms with Gasteiger partial charge >= 0.3 is 0 Å². The van der Waals surface area contributed by atoms with Gasteiger partial charge in [-0.1, -0.05) is 61.4 Å². The molecule has 0 aliphatic heterocycles. The fraction of sp³-hybridized carbons (Fsp3) is 0.222. The van der Waals surface area contributed by atoms with Crippen molar-refractivity contribution in [1.29, 1.82) is 0 Å². The summed E-state index contributed by atoms with van der Waals surface area (Å²) in [7, 11) is 0. The Morgan fingerprint density at radius 3 is 1.34 bits per heavy atom. The largest absolute Gasteiger partial charge is 0.508 e. The van der Waals surface area contributed by atoms with Crippen molar-refractivity contribution in [2.75, 3.05) is 0 Å². The number of aryl methyl sites for hydroxylation is 4. The molecule has 4 rings (SSSR count). The van der Waals surface area contributed by atoms with E-state index < -0.39 is 0 Å². The first kappa shape index (κ1) is 22.9. The van der Waals surface area contributed by atoms with E-state index in [1.807, 2.05) is 65.8 Å². The normalized spacial score (nSPS) is 10.4. The van der Waals surface area contributed by atoms with Crippen LogP contribution in [0.3, 0.4) is 0 Å². The molecule has 0 unspecified atom stereocenters. The minimum Gasteiger partial charge on any atom is -0.508 e. The van der Waals surface area contributed by atoms with Crippen LogP contribution in [0.4, 0.5) is 0 Å². The van der Waals surface area contributed by atoms with E-state index in [2.05, 4.69) is 22.1 Å². The number of hydrogen-bond acceptors (Lipinski definition) is 5. The summed E-state index contributed by atoms with van der Waals surface area (Å²) < 4.78 is 0. The van der Waals surface area contributed by atoms with Crippen LogP contribution in [0.2, 0.25) is 0 Å². The number of benzene rings is 3. The molecule has 0 aliphatic rings. The Balaban J connectivity index is 0.00000141. The van der Waals surface area contributed by atoms with E-state index in [9.17, 15) is 10.2 Å².